The Morgan fingerprint density at radius 3 is 2.52 bits per heavy atom. The number of carbonyl (C=O) groups excluding carboxylic acids is 1. The Hall–Kier alpha value is -1.43. The van der Waals surface area contributed by atoms with Crippen LogP contribution in [0.3, 0.4) is 0 Å². The molecule has 5 nitrogen and oxygen atoms in total. The van der Waals surface area contributed by atoms with Gasteiger partial charge in [-0.2, -0.15) is 0 Å². The minimum absolute atomic E-state index is 0.224. The molecule has 2 fully saturated rings. The lowest BCUT2D eigenvalue weighted by Crippen LogP contribution is -2.58. The molecule has 3 rings (SSSR count). The van der Waals surface area contributed by atoms with E-state index >= 15 is 0 Å². The van der Waals surface area contributed by atoms with Gasteiger partial charge in [0.2, 0.25) is 0 Å². The van der Waals surface area contributed by atoms with Crippen LogP contribution in [-0.4, -0.2) is 59.8 Å². The molecule has 2 aliphatic rings. The third-order valence-corrected chi connectivity index (χ3v) is 4.75. The molecule has 0 bridgehead atoms. The van der Waals surface area contributed by atoms with Gasteiger partial charge in [0.25, 0.3) is 0 Å². The second kappa shape index (κ2) is 7.90. The zero-order valence-electron chi connectivity index (χ0n) is 14.0. The molecule has 2 aliphatic heterocycles. The summed E-state index contributed by atoms with van der Waals surface area (Å²) in [4.78, 5) is 16.3. The Kier molecular flexibility index (Phi) is 5.65. The molecule has 0 N–H and O–H groups in total. The van der Waals surface area contributed by atoms with Crippen LogP contribution < -0.4 is 0 Å². The van der Waals surface area contributed by atoms with Gasteiger partial charge in [-0.15, -0.1) is 5.06 Å². The molecule has 0 amide bonds. The largest absolute Gasteiger partial charge is 0.368 e. The number of hydrogen-bond acceptors (Lipinski definition) is 5. The predicted molar refractivity (Wildman–Crippen MR) is 89.4 cm³/mol. The highest BCUT2D eigenvalue weighted by molar-refractivity contribution is 5.65. The SMILES string of the molecule is CC(=O)ON1CCN(N2CCCCC2Cc2ccccc2)CC1. The van der Waals surface area contributed by atoms with E-state index in [2.05, 4.69) is 40.3 Å². The van der Waals surface area contributed by atoms with Crippen LogP contribution in [-0.2, 0) is 16.1 Å². The first kappa shape index (κ1) is 16.4. The summed E-state index contributed by atoms with van der Waals surface area (Å²) < 4.78 is 0. The third-order valence-electron chi connectivity index (χ3n) is 4.75. The number of hydroxylamine groups is 2. The molecule has 2 heterocycles. The molecule has 5 heteroatoms. The van der Waals surface area contributed by atoms with Crippen LogP contribution in [0.4, 0.5) is 0 Å². The van der Waals surface area contributed by atoms with E-state index in [-0.39, 0.29) is 5.97 Å². The van der Waals surface area contributed by atoms with Gasteiger partial charge in [0.1, 0.15) is 0 Å². The van der Waals surface area contributed by atoms with E-state index in [1.54, 1.807) is 5.06 Å². The molecule has 1 atom stereocenters. The van der Waals surface area contributed by atoms with Gasteiger partial charge in [-0.3, -0.25) is 4.79 Å². The lowest BCUT2D eigenvalue weighted by molar-refractivity contribution is -0.208. The summed E-state index contributed by atoms with van der Waals surface area (Å²) in [6.07, 6.45) is 4.97. The van der Waals surface area contributed by atoms with Crippen molar-refractivity contribution in [3.8, 4) is 0 Å². The highest BCUT2D eigenvalue weighted by atomic mass is 16.7. The van der Waals surface area contributed by atoms with Gasteiger partial charge in [-0.05, 0) is 24.8 Å². The van der Waals surface area contributed by atoms with Crippen molar-refractivity contribution < 1.29 is 9.63 Å². The standard InChI is InChI=1S/C18H27N3O2/c1-16(22)23-20-13-11-19(12-14-20)21-10-6-5-9-18(21)15-17-7-3-2-4-8-17/h2-4,7-8,18H,5-6,9-15H2,1H3. The molecule has 1 aromatic carbocycles. The molecular formula is C18H27N3O2. The van der Waals surface area contributed by atoms with Gasteiger partial charge in [0.15, 0.2) is 0 Å². The van der Waals surface area contributed by atoms with Crippen LogP contribution in [0.5, 0.6) is 0 Å². The maximum Gasteiger partial charge on any atom is 0.322 e. The molecule has 0 aliphatic carbocycles. The van der Waals surface area contributed by atoms with Gasteiger partial charge in [-0.25, -0.2) is 10.0 Å². The first-order chi connectivity index (χ1) is 11.2. The highest BCUT2D eigenvalue weighted by Gasteiger charge is 2.30. The predicted octanol–water partition coefficient (Wildman–Crippen LogP) is 2.09. The molecule has 1 aromatic rings. The maximum absolute atomic E-state index is 11.1. The number of piperazine rings is 1. The number of nitrogens with zero attached hydrogens (tertiary/aromatic N) is 3. The summed E-state index contributed by atoms with van der Waals surface area (Å²) in [7, 11) is 0. The average Bonchev–Trinajstić information content (AvgIpc) is 2.57. The Morgan fingerprint density at radius 2 is 1.83 bits per heavy atom. The van der Waals surface area contributed by atoms with Gasteiger partial charge in [0, 0.05) is 45.7 Å². The van der Waals surface area contributed by atoms with E-state index < -0.39 is 0 Å². The number of carbonyl (C=O) groups is 1. The summed E-state index contributed by atoms with van der Waals surface area (Å²) in [6, 6.07) is 11.4. The Morgan fingerprint density at radius 1 is 1.09 bits per heavy atom. The van der Waals surface area contributed by atoms with Crippen LogP contribution in [0.1, 0.15) is 31.7 Å². The fraction of sp³-hybridized carbons (Fsp3) is 0.611. The molecule has 23 heavy (non-hydrogen) atoms. The van der Waals surface area contributed by atoms with Crippen molar-refractivity contribution in [2.24, 2.45) is 0 Å². The Labute approximate surface area is 138 Å². The van der Waals surface area contributed by atoms with Crippen molar-refractivity contribution in [1.29, 1.82) is 0 Å². The number of hydrogen-bond donors (Lipinski definition) is 0. The van der Waals surface area contributed by atoms with Gasteiger partial charge < -0.3 is 4.84 Å². The van der Waals surface area contributed by atoms with Gasteiger partial charge in [-0.1, -0.05) is 36.8 Å². The fourth-order valence-corrected chi connectivity index (χ4v) is 3.66. The summed E-state index contributed by atoms with van der Waals surface area (Å²) in [5.74, 6) is -0.224. The molecule has 126 valence electrons. The fourth-order valence-electron chi connectivity index (χ4n) is 3.66. The second-order valence-corrected chi connectivity index (χ2v) is 6.47. The summed E-state index contributed by atoms with van der Waals surface area (Å²) >= 11 is 0. The number of hydrazine groups is 1. The lowest BCUT2D eigenvalue weighted by atomic mass is 9.97. The quantitative estimate of drug-likeness (QED) is 0.850. The summed E-state index contributed by atoms with van der Waals surface area (Å²) in [5, 5.41) is 6.82. The van der Waals surface area contributed by atoms with Crippen LogP contribution in [0.15, 0.2) is 30.3 Å². The molecule has 0 spiro atoms. The highest BCUT2D eigenvalue weighted by Crippen LogP contribution is 2.23. The van der Waals surface area contributed by atoms with Crippen LogP contribution >= 0.6 is 0 Å². The van der Waals surface area contributed by atoms with E-state index in [1.165, 1.54) is 31.7 Å². The van der Waals surface area contributed by atoms with E-state index in [0.29, 0.717) is 6.04 Å². The first-order valence-corrected chi connectivity index (χ1v) is 8.71. The molecular weight excluding hydrogens is 290 g/mol. The van der Waals surface area contributed by atoms with Crippen LogP contribution in [0.25, 0.3) is 0 Å². The minimum Gasteiger partial charge on any atom is -0.368 e. The normalized spacial score (nSPS) is 24.5. The average molecular weight is 317 g/mol. The third kappa shape index (κ3) is 4.53. The van der Waals surface area contributed by atoms with Crippen LogP contribution in [0.2, 0.25) is 0 Å². The van der Waals surface area contributed by atoms with Crippen molar-refractivity contribution in [3.63, 3.8) is 0 Å². The lowest BCUT2D eigenvalue weighted by Gasteiger charge is -2.46. The van der Waals surface area contributed by atoms with Crippen LogP contribution in [0, 0.1) is 0 Å². The van der Waals surface area contributed by atoms with E-state index in [1.807, 2.05) is 0 Å². The van der Waals surface area contributed by atoms with Crippen molar-refractivity contribution >= 4 is 5.97 Å². The number of rotatable bonds is 4. The molecule has 0 radical (unpaired) electrons. The molecule has 0 saturated carbocycles. The summed E-state index contributed by atoms with van der Waals surface area (Å²) in [6.45, 7) is 6.04. The molecule has 2 saturated heterocycles. The zero-order chi connectivity index (χ0) is 16.1. The van der Waals surface area contributed by atoms with E-state index in [0.717, 1.165) is 39.1 Å². The second-order valence-electron chi connectivity index (χ2n) is 6.47. The van der Waals surface area contributed by atoms with Crippen molar-refractivity contribution in [3.05, 3.63) is 35.9 Å². The number of benzene rings is 1. The van der Waals surface area contributed by atoms with Gasteiger partial charge >= 0.3 is 5.97 Å². The topological polar surface area (TPSA) is 36.0 Å². The maximum atomic E-state index is 11.1. The Balaban J connectivity index is 1.58. The van der Waals surface area contributed by atoms with Crippen molar-refractivity contribution in [2.75, 3.05) is 32.7 Å². The van der Waals surface area contributed by atoms with E-state index in [9.17, 15) is 4.79 Å². The van der Waals surface area contributed by atoms with Crippen molar-refractivity contribution in [1.82, 2.24) is 15.1 Å². The smallest absolute Gasteiger partial charge is 0.322 e. The van der Waals surface area contributed by atoms with E-state index in [4.69, 9.17) is 4.84 Å². The summed E-state index contributed by atoms with van der Waals surface area (Å²) in [5.41, 5.74) is 1.42. The molecule has 0 aromatic heterocycles. The number of piperidine rings is 1. The first-order valence-electron chi connectivity index (χ1n) is 8.71. The monoisotopic (exact) mass is 317 g/mol. The minimum atomic E-state index is -0.224. The van der Waals surface area contributed by atoms with Crippen molar-refractivity contribution in [2.45, 2.75) is 38.6 Å². The van der Waals surface area contributed by atoms with Gasteiger partial charge in [0.05, 0.1) is 0 Å². The Bertz CT molecular complexity index is 500. The zero-order valence-corrected chi connectivity index (χ0v) is 14.0. The molecule has 1 unspecified atom stereocenters.